The number of nitrogens with zero attached hydrogens (tertiary/aromatic N) is 1. The van der Waals surface area contributed by atoms with Gasteiger partial charge >= 0.3 is 0 Å². The predicted octanol–water partition coefficient (Wildman–Crippen LogP) is 4.06. The minimum absolute atomic E-state index is 0.758. The molecule has 0 spiro atoms. The minimum atomic E-state index is 0.758. The largest absolute Gasteiger partial charge is 0.461 e. The van der Waals surface area contributed by atoms with Crippen molar-refractivity contribution in [3.05, 3.63) is 47.2 Å². The van der Waals surface area contributed by atoms with Crippen LogP contribution in [-0.2, 0) is 13.0 Å². The lowest BCUT2D eigenvalue weighted by molar-refractivity contribution is 0.551. The maximum atomic E-state index is 5.86. The molecule has 2 aromatic heterocycles. The van der Waals surface area contributed by atoms with Crippen LogP contribution in [0.4, 0.5) is 5.13 Å². The van der Waals surface area contributed by atoms with Gasteiger partial charge in [0.15, 0.2) is 5.13 Å². The van der Waals surface area contributed by atoms with Gasteiger partial charge < -0.3 is 9.73 Å². The number of hydrogen-bond acceptors (Lipinski definition) is 4. The Kier molecular flexibility index (Phi) is 3.02. The molecule has 0 saturated carbocycles. The van der Waals surface area contributed by atoms with Crippen molar-refractivity contribution < 1.29 is 4.42 Å². The molecular formula is C14H14N2OS. The lowest BCUT2D eigenvalue weighted by Crippen LogP contribution is -2.00. The van der Waals surface area contributed by atoms with E-state index in [1.165, 1.54) is 10.9 Å². The molecule has 0 unspecified atom stereocenters. The Bertz CT molecular complexity index is 643. The Morgan fingerprint density at radius 2 is 2.22 bits per heavy atom. The zero-order valence-electron chi connectivity index (χ0n) is 10.1. The molecule has 0 amide bonds. The fourth-order valence-electron chi connectivity index (χ4n) is 2.10. The van der Waals surface area contributed by atoms with Crippen LogP contribution in [0, 0.1) is 0 Å². The molecule has 1 aromatic carbocycles. The van der Waals surface area contributed by atoms with Crippen LogP contribution in [0.1, 0.15) is 18.2 Å². The summed E-state index contributed by atoms with van der Waals surface area (Å²) in [6.07, 6.45) is 2.71. The van der Waals surface area contributed by atoms with Crippen LogP contribution in [0.15, 0.2) is 40.3 Å². The van der Waals surface area contributed by atoms with Gasteiger partial charge in [-0.2, -0.15) is 0 Å². The molecule has 4 heteroatoms. The Morgan fingerprint density at radius 3 is 3.00 bits per heavy atom. The van der Waals surface area contributed by atoms with E-state index in [0.29, 0.717) is 0 Å². The summed E-state index contributed by atoms with van der Waals surface area (Å²) in [5.41, 5.74) is 2.20. The fourth-order valence-corrected chi connectivity index (χ4v) is 2.63. The van der Waals surface area contributed by atoms with Crippen molar-refractivity contribution >= 4 is 27.4 Å². The smallest absolute Gasteiger partial charge is 0.182 e. The number of benzene rings is 1. The van der Waals surface area contributed by atoms with E-state index in [4.69, 9.17) is 4.42 Å². The summed E-state index contributed by atoms with van der Waals surface area (Å²) in [5.74, 6) is 1.06. The second-order valence-corrected chi connectivity index (χ2v) is 4.94. The SMILES string of the molecule is CCc1oc2ccccc2c1CNc1nccs1. The highest BCUT2D eigenvalue weighted by Gasteiger charge is 2.12. The number of anilines is 1. The van der Waals surface area contributed by atoms with Gasteiger partial charge in [0.05, 0.1) is 0 Å². The number of furan rings is 1. The summed E-state index contributed by atoms with van der Waals surface area (Å²) in [4.78, 5) is 4.23. The van der Waals surface area contributed by atoms with Gasteiger partial charge in [0.2, 0.25) is 0 Å². The van der Waals surface area contributed by atoms with Crippen LogP contribution in [0.2, 0.25) is 0 Å². The average molecular weight is 258 g/mol. The number of para-hydroxylation sites is 1. The summed E-state index contributed by atoms with van der Waals surface area (Å²) in [5, 5.41) is 7.45. The van der Waals surface area contributed by atoms with E-state index in [9.17, 15) is 0 Å². The first-order valence-corrected chi connectivity index (χ1v) is 6.89. The fraction of sp³-hybridized carbons (Fsp3) is 0.214. The van der Waals surface area contributed by atoms with Gasteiger partial charge in [-0.05, 0) is 6.07 Å². The second kappa shape index (κ2) is 4.82. The average Bonchev–Trinajstić information content (AvgIpc) is 3.03. The molecule has 0 aliphatic carbocycles. The monoisotopic (exact) mass is 258 g/mol. The maximum absolute atomic E-state index is 5.86. The molecular weight excluding hydrogens is 244 g/mol. The highest BCUT2D eigenvalue weighted by Crippen LogP contribution is 2.27. The van der Waals surface area contributed by atoms with Crippen molar-refractivity contribution in [1.82, 2.24) is 4.98 Å². The number of thiazole rings is 1. The summed E-state index contributed by atoms with van der Waals surface area (Å²) < 4.78 is 5.86. The number of aromatic nitrogens is 1. The van der Waals surface area contributed by atoms with E-state index in [1.807, 2.05) is 23.6 Å². The van der Waals surface area contributed by atoms with E-state index in [2.05, 4.69) is 23.3 Å². The molecule has 3 rings (SSSR count). The number of nitrogens with one attached hydrogen (secondary N) is 1. The molecule has 0 saturated heterocycles. The van der Waals surface area contributed by atoms with Crippen LogP contribution < -0.4 is 5.32 Å². The molecule has 0 atom stereocenters. The van der Waals surface area contributed by atoms with Crippen molar-refractivity contribution in [2.45, 2.75) is 19.9 Å². The third-order valence-electron chi connectivity index (χ3n) is 2.95. The molecule has 3 aromatic rings. The van der Waals surface area contributed by atoms with Gasteiger partial charge in [-0.1, -0.05) is 25.1 Å². The van der Waals surface area contributed by atoms with Crippen LogP contribution in [0.5, 0.6) is 0 Å². The van der Waals surface area contributed by atoms with Crippen molar-refractivity contribution in [2.24, 2.45) is 0 Å². The van der Waals surface area contributed by atoms with Crippen LogP contribution in [0.3, 0.4) is 0 Å². The molecule has 18 heavy (non-hydrogen) atoms. The zero-order valence-corrected chi connectivity index (χ0v) is 11.0. The number of fused-ring (bicyclic) bond motifs is 1. The van der Waals surface area contributed by atoms with Gasteiger partial charge in [-0.25, -0.2) is 4.98 Å². The quantitative estimate of drug-likeness (QED) is 0.766. The van der Waals surface area contributed by atoms with Crippen molar-refractivity contribution in [2.75, 3.05) is 5.32 Å². The Hall–Kier alpha value is -1.81. The Morgan fingerprint density at radius 1 is 1.33 bits per heavy atom. The van der Waals surface area contributed by atoms with Gasteiger partial charge in [-0.3, -0.25) is 0 Å². The molecule has 3 nitrogen and oxygen atoms in total. The molecule has 0 aliphatic heterocycles. The first kappa shape index (κ1) is 11.3. The lowest BCUT2D eigenvalue weighted by atomic mass is 10.1. The van der Waals surface area contributed by atoms with E-state index in [-0.39, 0.29) is 0 Å². The molecule has 92 valence electrons. The molecule has 0 aliphatic rings. The standard InChI is InChI=1S/C14H14N2OS/c1-2-12-11(9-16-14-15-7-8-18-14)10-5-3-4-6-13(10)17-12/h3-8H,2,9H2,1H3,(H,15,16). The predicted molar refractivity (Wildman–Crippen MR) is 75.0 cm³/mol. The van der Waals surface area contributed by atoms with Crippen molar-refractivity contribution in [1.29, 1.82) is 0 Å². The Labute approximate surface area is 109 Å². The second-order valence-electron chi connectivity index (χ2n) is 4.04. The summed E-state index contributed by atoms with van der Waals surface area (Å²) in [6.45, 7) is 2.87. The third-order valence-corrected chi connectivity index (χ3v) is 3.68. The number of aryl methyl sites for hydroxylation is 1. The van der Waals surface area contributed by atoms with Crippen LogP contribution in [-0.4, -0.2) is 4.98 Å². The number of rotatable bonds is 4. The van der Waals surface area contributed by atoms with Gasteiger partial charge in [0.25, 0.3) is 0 Å². The van der Waals surface area contributed by atoms with E-state index >= 15 is 0 Å². The van der Waals surface area contributed by atoms with Crippen molar-refractivity contribution in [3.8, 4) is 0 Å². The van der Waals surface area contributed by atoms with Crippen LogP contribution in [0.25, 0.3) is 11.0 Å². The summed E-state index contributed by atoms with van der Waals surface area (Å²) in [7, 11) is 0. The van der Waals surface area contributed by atoms with Crippen LogP contribution >= 0.6 is 11.3 Å². The zero-order chi connectivity index (χ0) is 12.4. The third kappa shape index (κ3) is 1.99. The van der Waals surface area contributed by atoms with E-state index < -0.39 is 0 Å². The highest BCUT2D eigenvalue weighted by atomic mass is 32.1. The minimum Gasteiger partial charge on any atom is -0.461 e. The molecule has 0 fully saturated rings. The molecule has 0 bridgehead atoms. The van der Waals surface area contributed by atoms with E-state index in [0.717, 1.165) is 29.4 Å². The first-order chi connectivity index (χ1) is 8.88. The molecule has 0 radical (unpaired) electrons. The maximum Gasteiger partial charge on any atom is 0.182 e. The number of hydrogen-bond donors (Lipinski definition) is 1. The molecule has 2 heterocycles. The topological polar surface area (TPSA) is 38.1 Å². The van der Waals surface area contributed by atoms with Gasteiger partial charge in [-0.15, -0.1) is 11.3 Å². The van der Waals surface area contributed by atoms with E-state index in [1.54, 1.807) is 17.5 Å². The highest BCUT2D eigenvalue weighted by molar-refractivity contribution is 7.13. The normalized spacial score (nSPS) is 10.9. The van der Waals surface area contributed by atoms with Gasteiger partial charge in [0.1, 0.15) is 11.3 Å². The summed E-state index contributed by atoms with van der Waals surface area (Å²) >= 11 is 1.61. The van der Waals surface area contributed by atoms with Crippen molar-refractivity contribution in [3.63, 3.8) is 0 Å². The van der Waals surface area contributed by atoms with Gasteiger partial charge in [0, 0.05) is 35.5 Å². The Balaban J connectivity index is 1.94. The summed E-state index contributed by atoms with van der Waals surface area (Å²) in [6, 6.07) is 8.17. The first-order valence-electron chi connectivity index (χ1n) is 6.01. The molecule has 1 N–H and O–H groups in total. The lowest BCUT2D eigenvalue weighted by Gasteiger charge is -2.02.